The lowest BCUT2D eigenvalue weighted by Crippen LogP contribution is -2.56. The second kappa shape index (κ2) is 12.4. The van der Waals surface area contributed by atoms with Crippen molar-refractivity contribution in [2.45, 2.75) is 51.4 Å². The Kier molecular flexibility index (Phi) is 9.88. The number of hydrogen-bond donors (Lipinski definition) is 2. The van der Waals surface area contributed by atoms with Gasteiger partial charge >= 0.3 is 6.09 Å². The van der Waals surface area contributed by atoms with E-state index in [1.165, 1.54) is 24.3 Å². The molecule has 5 nitrogen and oxygen atoms in total. The average Bonchev–Trinajstić information content (AvgIpc) is 2.77. The Hall–Kier alpha value is -2.51. The van der Waals surface area contributed by atoms with Gasteiger partial charge < -0.3 is 20.1 Å². The number of rotatable bonds is 12. The molecule has 7 heteroatoms. The van der Waals surface area contributed by atoms with Gasteiger partial charge in [-0.05, 0) is 31.5 Å². The first-order valence-corrected chi connectivity index (χ1v) is 10.7. The Morgan fingerprint density at radius 1 is 1.03 bits per heavy atom. The quantitative estimate of drug-likeness (QED) is 0.514. The minimum absolute atomic E-state index is 0.0216. The zero-order chi connectivity index (χ0) is 22.7. The molecule has 0 unspecified atom stereocenters. The smallest absolute Gasteiger partial charge is 0.407 e. The number of aliphatic hydroxyl groups is 1. The van der Waals surface area contributed by atoms with Crippen LogP contribution in [0.15, 0.2) is 60.7 Å². The summed E-state index contributed by atoms with van der Waals surface area (Å²) in [5, 5.41) is 13.0. The second-order valence-corrected chi connectivity index (χ2v) is 7.54. The fourth-order valence-corrected chi connectivity index (χ4v) is 3.46. The van der Waals surface area contributed by atoms with E-state index in [-0.39, 0.29) is 18.7 Å². The molecule has 0 saturated carbocycles. The Balaban J connectivity index is 2.17. The van der Waals surface area contributed by atoms with Crippen molar-refractivity contribution in [2.24, 2.45) is 0 Å². The Labute approximate surface area is 183 Å². The van der Waals surface area contributed by atoms with Crippen molar-refractivity contribution >= 4 is 6.09 Å². The van der Waals surface area contributed by atoms with Gasteiger partial charge in [0.2, 0.25) is 0 Å². The average molecular weight is 435 g/mol. The first-order valence-electron chi connectivity index (χ1n) is 10.7. The van der Waals surface area contributed by atoms with Gasteiger partial charge in [0.25, 0.3) is 5.92 Å². The van der Waals surface area contributed by atoms with Crippen LogP contribution < -0.4 is 5.32 Å². The van der Waals surface area contributed by atoms with Crippen LogP contribution in [0.2, 0.25) is 0 Å². The lowest BCUT2D eigenvalue weighted by Gasteiger charge is -2.34. The van der Waals surface area contributed by atoms with Crippen molar-refractivity contribution in [3.63, 3.8) is 0 Å². The number of alkyl halides is 2. The molecule has 2 aromatic rings. The summed E-state index contributed by atoms with van der Waals surface area (Å²) in [5.74, 6) is -3.49. The maximum atomic E-state index is 15.4. The first kappa shape index (κ1) is 24.8. The normalized spacial score (nSPS) is 13.6. The summed E-state index contributed by atoms with van der Waals surface area (Å²) in [6.07, 6.45) is -0.823. The van der Waals surface area contributed by atoms with Crippen molar-refractivity contribution in [3.8, 4) is 0 Å². The Bertz CT molecular complexity index is 769. The molecule has 2 N–H and O–H groups in total. The molecule has 0 heterocycles. The van der Waals surface area contributed by atoms with Gasteiger partial charge in [-0.1, -0.05) is 74.5 Å². The fraction of sp³-hybridized carbons (Fsp3) is 0.458. The number of carbonyl (C=O) groups is 1. The molecule has 0 aromatic heterocycles. The van der Waals surface area contributed by atoms with Crippen LogP contribution in [0.25, 0.3) is 0 Å². The highest BCUT2D eigenvalue weighted by Crippen LogP contribution is 2.33. The molecule has 2 aromatic carbocycles. The van der Waals surface area contributed by atoms with Crippen molar-refractivity contribution in [1.82, 2.24) is 10.2 Å². The van der Waals surface area contributed by atoms with E-state index in [1.807, 2.05) is 24.8 Å². The number of carbonyl (C=O) groups excluding carboxylic acids is 1. The highest BCUT2D eigenvalue weighted by atomic mass is 19.3. The topological polar surface area (TPSA) is 61.8 Å². The van der Waals surface area contributed by atoms with Gasteiger partial charge in [0, 0.05) is 12.1 Å². The molecule has 0 saturated heterocycles. The maximum absolute atomic E-state index is 15.4. The van der Waals surface area contributed by atoms with E-state index in [4.69, 9.17) is 4.74 Å². The molecule has 0 spiro atoms. The van der Waals surface area contributed by atoms with Crippen molar-refractivity contribution < 1.29 is 23.4 Å². The molecular weight excluding hydrogens is 402 g/mol. The predicted octanol–water partition coefficient (Wildman–Crippen LogP) is 4.56. The van der Waals surface area contributed by atoms with Gasteiger partial charge in [-0.2, -0.15) is 8.78 Å². The van der Waals surface area contributed by atoms with E-state index >= 15 is 8.78 Å². The number of benzene rings is 2. The third-order valence-electron chi connectivity index (χ3n) is 4.95. The fourth-order valence-electron chi connectivity index (χ4n) is 3.46. The second-order valence-electron chi connectivity index (χ2n) is 7.54. The first-order chi connectivity index (χ1) is 14.9. The number of aliphatic hydroxyl groups excluding tert-OH is 1. The van der Waals surface area contributed by atoms with Gasteiger partial charge in [-0.15, -0.1) is 0 Å². The third kappa shape index (κ3) is 7.60. The lowest BCUT2D eigenvalue weighted by molar-refractivity contribution is -0.0887. The number of nitrogens with zero attached hydrogens (tertiary/aromatic N) is 1. The molecule has 0 bridgehead atoms. The van der Waals surface area contributed by atoms with Crippen LogP contribution in [0, 0.1) is 0 Å². The standard InChI is InChI=1S/C24H32F2N2O3/c1-3-15-28(16-4-2)17-21(29)22(24(25,26)20-13-9-6-10-14-20)27-23(30)31-18-19-11-7-5-8-12-19/h5-14,21-22,29H,3-4,15-18H2,1-2H3,(H,27,30)/t21-,22+/m0/s1. The van der Waals surface area contributed by atoms with Crippen molar-refractivity contribution in [1.29, 1.82) is 0 Å². The van der Waals surface area contributed by atoms with Crippen LogP contribution in [0.5, 0.6) is 0 Å². The van der Waals surface area contributed by atoms with Crippen molar-refractivity contribution in [2.75, 3.05) is 19.6 Å². The van der Waals surface area contributed by atoms with E-state index in [0.717, 1.165) is 18.4 Å². The molecule has 2 rings (SSSR count). The summed E-state index contributed by atoms with van der Waals surface area (Å²) < 4.78 is 35.9. The summed E-state index contributed by atoms with van der Waals surface area (Å²) in [5.41, 5.74) is 0.460. The summed E-state index contributed by atoms with van der Waals surface area (Å²) in [4.78, 5) is 14.3. The SMILES string of the molecule is CCCN(CCC)C[C@H](O)[C@@H](NC(=O)OCc1ccccc1)C(F)(F)c1ccccc1. The van der Waals surface area contributed by atoms with Crippen LogP contribution in [0.1, 0.15) is 37.8 Å². The molecule has 0 aliphatic carbocycles. The number of alkyl carbamates (subject to hydrolysis) is 1. The van der Waals surface area contributed by atoms with Gasteiger partial charge in [0.15, 0.2) is 0 Å². The van der Waals surface area contributed by atoms with E-state index in [2.05, 4.69) is 5.32 Å². The van der Waals surface area contributed by atoms with E-state index in [9.17, 15) is 9.90 Å². The number of nitrogens with one attached hydrogen (secondary N) is 1. The lowest BCUT2D eigenvalue weighted by atomic mass is 9.96. The minimum Gasteiger partial charge on any atom is -0.445 e. The summed E-state index contributed by atoms with van der Waals surface area (Å²) >= 11 is 0. The van der Waals surface area contributed by atoms with Gasteiger partial charge in [-0.25, -0.2) is 4.79 Å². The third-order valence-corrected chi connectivity index (χ3v) is 4.95. The van der Waals surface area contributed by atoms with Gasteiger partial charge in [0.1, 0.15) is 12.6 Å². The number of ether oxygens (including phenoxy) is 1. The van der Waals surface area contributed by atoms with E-state index in [0.29, 0.717) is 13.1 Å². The number of halogens is 2. The Morgan fingerprint density at radius 2 is 1.58 bits per heavy atom. The summed E-state index contributed by atoms with van der Waals surface area (Å²) in [6, 6.07) is 14.3. The molecule has 2 atom stereocenters. The largest absolute Gasteiger partial charge is 0.445 e. The van der Waals surface area contributed by atoms with Gasteiger partial charge in [-0.3, -0.25) is 0 Å². The predicted molar refractivity (Wildman–Crippen MR) is 117 cm³/mol. The van der Waals surface area contributed by atoms with Crippen molar-refractivity contribution in [3.05, 3.63) is 71.8 Å². The Morgan fingerprint density at radius 3 is 2.13 bits per heavy atom. The van der Waals surface area contributed by atoms with E-state index in [1.54, 1.807) is 30.3 Å². The number of amides is 1. The maximum Gasteiger partial charge on any atom is 0.407 e. The molecule has 170 valence electrons. The molecule has 0 aliphatic heterocycles. The van der Waals surface area contributed by atoms with Crippen LogP contribution in [0.4, 0.5) is 13.6 Å². The van der Waals surface area contributed by atoms with Crippen LogP contribution in [-0.2, 0) is 17.3 Å². The van der Waals surface area contributed by atoms with E-state index < -0.39 is 24.2 Å². The van der Waals surface area contributed by atoms with Crippen LogP contribution in [0.3, 0.4) is 0 Å². The van der Waals surface area contributed by atoms with Crippen LogP contribution >= 0.6 is 0 Å². The summed E-state index contributed by atoms with van der Waals surface area (Å²) in [6.45, 7) is 5.30. The summed E-state index contributed by atoms with van der Waals surface area (Å²) in [7, 11) is 0. The molecule has 31 heavy (non-hydrogen) atoms. The zero-order valence-corrected chi connectivity index (χ0v) is 18.1. The minimum atomic E-state index is -3.49. The van der Waals surface area contributed by atoms with Crippen LogP contribution in [-0.4, -0.2) is 47.9 Å². The highest BCUT2D eigenvalue weighted by molar-refractivity contribution is 5.68. The molecule has 0 aliphatic rings. The molecule has 0 radical (unpaired) electrons. The monoisotopic (exact) mass is 434 g/mol. The highest BCUT2D eigenvalue weighted by Gasteiger charge is 2.47. The zero-order valence-electron chi connectivity index (χ0n) is 18.1. The number of hydrogen-bond acceptors (Lipinski definition) is 4. The molecular formula is C24H32F2N2O3. The molecule has 1 amide bonds. The van der Waals surface area contributed by atoms with Gasteiger partial charge in [0.05, 0.1) is 6.10 Å². The molecule has 0 fully saturated rings.